The van der Waals surface area contributed by atoms with Crippen molar-refractivity contribution < 1.29 is 0 Å². The Hall–Kier alpha value is -1.86. The summed E-state index contributed by atoms with van der Waals surface area (Å²) in [7, 11) is 0. The van der Waals surface area contributed by atoms with E-state index in [1.165, 1.54) is 0 Å². The van der Waals surface area contributed by atoms with Crippen LogP contribution in [0.2, 0.25) is 10.0 Å². The average Bonchev–Trinajstić information content (AvgIpc) is 3.28. The summed E-state index contributed by atoms with van der Waals surface area (Å²) in [5.74, 6) is 0. The van der Waals surface area contributed by atoms with Crippen molar-refractivity contribution in [2.45, 2.75) is 30.2 Å². The Morgan fingerprint density at radius 2 is 1.79 bits per heavy atom. The number of nitrogens with zero attached hydrogens (tertiary/aromatic N) is 4. The fourth-order valence-corrected chi connectivity index (χ4v) is 5.63. The number of rotatable bonds is 5. The van der Waals surface area contributed by atoms with Gasteiger partial charge in [0, 0.05) is 35.0 Å². The molecular weight excluding hydrogens is 443 g/mol. The van der Waals surface area contributed by atoms with Gasteiger partial charge in [0.25, 0.3) is 0 Å². The molecule has 0 aliphatic heterocycles. The van der Waals surface area contributed by atoms with Crippen LogP contribution < -0.4 is 0 Å². The van der Waals surface area contributed by atoms with Gasteiger partial charge in [-0.15, -0.1) is 11.8 Å². The van der Waals surface area contributed by atoms with Crippen molar-refractivity contribution in [3.05, 3.63) is 64.7 Å². The van der Waals surface area contributed by atoms with Gasteiger partial charge in [0.2, 0.25) is 5.13 Å². The van der Waals surface area contributed by atoms with Crippen LogP contribution in [0.5, 0.6) is 0 Å². The average molecular weight is 461 g/mol. The van der Waals surface area contributed by atoms with Crippen LogP contribution in [-0.4, -0.2) is 25.0 Å². The highest BCUT2D eigenvalue weighted by atomic mass is 35.5. The molecule has 0 saturated carbocycles. The van der Waals surface area contributed by atoms with E-state index in [1.54, 1.807) is 35.5 Å². The first-order valence-corrected chi connectivity index (χ1v) is 11.5. The molecule has 1 aromatic carbocycles. The third-order valence-electron chi connectivity index (χ3n) is 4.21. The summed E-state index contributed by atoms with van der Waals surface area (Å²) >= 11 is 15.8. The third kappa shape index (κ3) is 4.36. The van der Waals surface area contributed by atoms with E-state index >= 15 is 0 Å². The molecule has 0 spiro atoms. The molecule has 4 rings (SSSR count). The van der Waals surface area contributed by atoms with Crippen molar-refractivity contribution in [2.75, 3.05) is 0 Å². The number of halogens is 2. The molecule has 3 heterocycles. The van der Waals surface area contributed by atoms with Crippen molar-refractivity contribution in [2.24, 2.45) is 0 Å². The van der Waals surface area contributed by atoms with Gasteiger partial charge in [0.1, 0.15) is 0 Å². The fourth-order valence-electron chi connectivity index (χ4n) is 2.89. The molecule has 0 aliphatic carbocycles. The van der Waals surface area contributed by atoms with Crippen LogP contribution in [0.4, 0.5) is 0 Å². The Morgan fingerprint density at radius 1 is 1.03 bits per heavy atom. The highest BCUT2D eigenvalue weighted by Crippen LogP contribution is 2.41. The smallest absolute Gasteiger partial charge is 0.211 e. The molecule has 0 aliphatic rings. The maximum Gasteiger partial charge on any atom is 0.211 e. The molecule has 4 aromatic rings. The summed E-state index contributed by atoms with van der Waals surface area (Å²) in [6.45, 7) is 6.34. The number of aromatic nitrogens is 4. The maximum atomic E-state index is 6.25. The first-order chi connectivity index (χ1) is 13.9. The minimum absolute atomic E-state index is 0.427. The highest BCUT2D eigenvalue weighted by molar-refractivity contribution is 8.01. The second-order valence-electron chi connectivity index (χ2n) is 6.74. The summed E-state index contributed by atoms with van der Waals surface area (Å²) in [4.78, 5) is 9.00. The SMILES string of the molecule is Cc1nn(-c2nc(-c3ccc(Cl)c(Cl)c3)c(SC(C)C)s2)cc1-c1ccncc1. The van der Waals surface area contributed by atoms with E-state index in [0.29, 0.717) is 15.3 Å². The zero-order valence-corrected chi connectivity index (χ0v) is 19.2. The molecule has 4 nitrogen and oxygen atoms in total. The number of hydrogen-bond donors (Lipinski definition) is 0. The van der Waals surface area contributed by atoms with Crippen LogP contribution in [0, 0.1) is 6.92 Å². The molecule has 0 saturated heterocycles. The van der Waals surface area contributed by atoms with Gasteiger partial charge in [0.15, 0.2) is 0 Å². The van der Waals surface area contributed by atoms with Crippen LogP contribution in [-0.2, 0) is 0 Å². The predicted octanol–water partition coefficient (Wildman–Crippen LogP) is 7.17. The lowest BCUT2D eigenvalue weighted by atomic mass is 10.1. The zero-order valence-electron chi connectivity index (χ0n) is 16.1. The number of thiazole rings is 1. The summed E-state index contributed by atoms with van der Waals surface area (Å²) in [5, 5.41) is 7.01. The van der Waals surface area contributed by atoms with E-state index in [4.69, 9.17) is 33.3 Å². The summed E-state index contributed by atoms with van der Waals surface area (Å²) in [5.41, 5.74) is 4.95. The van der Waals surface area contributed by atoms with Gasteiger partial charge in [-0.3, -0.25) is 4.98 Å². The van der Waals surface area contributed by atoms with Crippen molar-refractivity contribution >= 4 is 46.3 Å². The van der Waals surface area contributed by atoms with Crippen molar-refractivity contribution in [3.8, 4) is 27.5 Å². The van der Waals surface area contributed by atoms with Crippen molar-refractivity contribution in [1.29, 1.82) is 0 Å². The zero-order chi connectivity index (χ0) is 20.5. The molecule has 29 heavy (non-hydrogen) atoms. The number of hydrogen-bond acceptors (Lipinski definition) is 5. The normalized spacial score (nSPS) is 11.4. The molecule has 0 N–H and O–H groups in total. The Labute approximate surface area is 187 Å². The molecule has 8 heteroatoms. The van der Waals surface area contributed by atoms with Crippen LogP contribution in [0.1, 0.15) is 19.5 Å². The van der Waals surface area contributed by atoms with E-state index in [2.05, 4.69) is 18.8 Å². The van der Waals surface area contributed by atoms with E-state index < -0.39 is 0 Å². The van der Waals surface area contributed by atoms with Crippen LogP contribution >= 0.6 is 46.3 Å². The summed E-state index contributed by atoms with van der Waals surface area (Å²) in [6, 6.07) is 9.59. The van der Waals surface area contributed by atoms with E-state index in [9.17, 15) is 0 Å². The molecule has 0 fully saturated rings. The molecule has 0 atom stereocenters. The fraction of sp³-hybridized carbons (Fsp3) is 0.190. The quantitative estimate of drug-likeness (QED) is 0.296. The standard InChI is InChI=1S/C21H18Cl2N4S2/c1-12(2)28-20-19(15-4-5-17(22)18(23)10-15)25-21(29-20)27-11-16(13(3)26-27)14-6-8-24-9-7-14/h4-12H,1-3H3. The first kappa shape index (κ1) is 20.4. The van der Waals surface area contributed by atoms with Crippen LogP contribution in [0.3, 0.4) is 0 Å². The monoisotopic (exact) mass is 460 g/mol. The van der Waals surface area contributed by atoms with Gasteiger partial charge in [0.05, 0.1) is 25.6 Å². The molecule has 148 valence electrons. The minimum atomic E-state index is 0.427. The summed E-state index contributed by atoms with van der Waals surface area (Å²) in [6.07, 6.45) is 5.59. The largest absolute Gasteiger partial charge is 0.265 e. The van der Waals surface area contributed by atoms with Gasteiger partial charge in [-0.25, -0.2) is 9.67 Å². The highest BCUT2D eigenvalue weighted by Gasteiger charge is 2.19. The lowest BCUT2D eigenvalue weighted by Gasteiger charge is -2.05. The number of aryl methyl sites for hydroxylation is 1. The topological polar surface area (TPSA) is 43.6 Å². The van der Waals surface area contributed by atoms with Crippen LogP contribution in [0.25, 0.3) is 27.5 Å². The second-order valence-corrected chi connectivity index (χ2v) is 10.4. The Balaban J connectivity index is 1.79. The molecule has 0 unspecified atom stereocenters. The lowest BCUT2D eigenvalue weighted by Crippen LogP contribution is -1.94. The first-order valence-electron chi connectivity index (χ1n) is 9.02. The van der Waals surface area contributed by atoms with Gasteiger partial charge < -0.3 is 0 Å². The molecule has 0 radical (unpaired) electrons. The second kappa shape index (κ2) is 8.48. The van der Waals surface area contributed by atoms with Gasteiger partial charge in [-0.05, 0) is 36.8 Å². The number of benzene rings is 1. The Kier molecular flexibility index (Phi) is 5.97. The molecular formula is C21H18Cl2N4S2. The van der Waals surface area contributed by atoms with Gasteiger partial charge >= 0.3 is 0 Å². The molecule has 0 bridgehead atoms. The molecule has 3 aromatic heterocycles. The van der Waals surface area contributed by atoms with E-state index in [1.807, 2.05) is 48.1 Å². The predicted molar refractivity (Wildman–Crippen MR) is 124 cm³/mol. The van der Waals surface area contributed by atoms with E-state index in [0.717, 1.165) is 37.4 Å². The minimum Gasteiger partial charge on any atom is -0.265 e. The molecule has 0 amide bonds. The van der Waals surface area contributed by atoms with Crippen molar-refractivity contribution in [1.82, 2.24) is 19.7 Å². The Bertz CT molecular complexity index is 1150. The van der Waals surface area contributed by atoms with Crippen molar-refractivity contribution in [3.63, 3.8) is 0 Å². The van der Waals surface area contributed by atoms with Gasteiger partial charge in [-0.2, -0.15) is 5.10 Å². The summed E-state index contributed by atoms with van der Waals surface area (Å²) < 4.78 is 2.98. The third-order valence-corrected chi connectivity index (χ3v) is 7.20. The Morgan fingerprint density at radius 3 is 2.48 bits per heavy atom. The van der Waals surface area contributed by atoms with Gasteiger partial charge in [-0.1, -0.05) is 54.5 Å². The number of thioether (sulfide) groups is 1. The van der Waals surface area contributed by atoms with E-state index in [-0.39, 0.29) is 0 Å². The number of pyridine rings is 1. The van der Waals surface area contributed by atoms with Crippen LogP contribution in [0.15, 0.2) is 53.1 Å². The maximum absolute atomic E-state index is 6.25. The lowest BCUT2D eigenvalue weighted by molar-refractivity contribution is 0.853.